The molecule has 0 bridgehead atoms. The Morgan fingerprint density at radius 1 is 1.44 bits per heavy atom. The molecule has 2 heterocycles. The summed E-state index contributed by atoms with van der Waals surface area (Å²) < 4.78 is 27.1. The fourth-order valence-electron chi connectivity index (χ4n) is 2.97. The number of fused-ring (bicyclic) bond motifs is 1. The number of phenols is 1. The summed E-state index contributed by atoms with van der Waals surface area (Å²) in [6.45, 7) is -0.0546. The van der Waals surface area contributed by atoms with Crippen LogP contribution in [0.4, 0.5) is 0 Å². The molecule has 0 aliphatic carbocycles. The molecule has 2 aliphatic heterocycles. The molecular weight excluding hydrogens is 394 g/mol. The maximum Gasteiger partial charge on any atom is 0.245 e. The number of hydrogen-bond donors (Lipinski definition) is 4. The number of aliphatic hydroxyl groups excluding tert-OH is 1. The van der Waals surface area contributed by atoms with Crippen molar-refractivity contribution in [1.82, 2.24) is 9.62 Å². The summed E-state index contributed by atoms with van der Waals surface area (Å²) in [5.74, 6) is -1.23. The SMILES string of the molecule is NCCNS(=O)(=O)c1c(O)cccc1C(=O)C(O)C1=CCSC2CC(=O)N12. The molecule has 1 amide bonds. The number of nitrogens with two attached hydrogens (primary N) is 1. The molecule has 1 aromatic carbocycles. The lowest BCUT2D eigenvalue weighted by molar-refractivity contribution is -0.139. The third-order valence-corrected chi connectivity index (χ3v) is 6.93. The number of Topliss-reactive ketones (excluding diaryl/α,β-unsaturated/α-hetero) is 1. The molecule has 146 valence electrons. The number of nitrogens with zero attached hydrogens (tertiary/aromatic N) is 1. The lowest BCUT2D eigenvalue weighted by Gasteiger charge is -2.44. The Hall–Kier alpha value is -1.92. The Bertz CT molecular complexity index is 915. The van der Waals surface area contributed by atoms with Crippen LogP contribution in [0, 0.1) is 0 Å². The fraction of sp³-hybridized carbons (Fsp3) is 0.375. The molecule has 3 rings (SSSR count). The first-order valence-electron chi connectivity index (χ1n) is 8.15. The van der Waals surface area contributed by atoms with Crippen molar-refractivity contribution in [3.63, 3.8) is 0 Å². The van der Waals surface area contributed by atoms with Crippen molar-refractivity contribution >= 4 is 33.5 Å². The zero-order chi connectivity index (χ0) is 19.8. The van der Waals surface area contributed by atoms with Gasteiger partial charge >= 0.3 is 0 Å². The Morgan fingerprint density at radius 2 is 2.19 bits per heavy atom. The number of aliphatic hydroxyl groups is 1. The van der Waals surface area contributed by atoms with Gasteiger partial charge in [0.1, 0.15) is 10.6 Å². The lowest BCUT2D eigenvalue weighted by Crippen LogP contribution is -2.54. The van der Waals surface area contributed by atoms with E-state index >= 15 is 0 Å². The predicted octanol–water partition coefficient (Wildman–Crippen LogP) is -0.638. The Balaban J connectivity index is 1.97. The number of ketones is 1. The van der Waals surface area contributed by atoms with Crippen LogP contribution in [0.1, 0.15) is 16.8 Å². The van der Waals surface area contributed by atoms with Gasteiger partial charge in [-0.15, -0.1) is 11.8 Å². The highest BCUT2D eigenvalue weighted by molar-refractivity contribution is 8.00. The maximum absolute atomic E-state index is 12.9. The number of hydrogen-bond acceptors (Lipinski definition) is 8. The van der Waals surface area contributed by atoms with E-state index in [1.807, 2.05) is 0 Å². The van der Waals surface area contributed by atoms with Crippen molar-refractivity contribution in [1.29, 1.82) is 0 Å². The molecule has 0 radical (unpaired) electrons. The van der Waals surface area contributed by atoms with Gasteiger partial charge in [0.25, 0.3) is 0 Å². The van der Waals surface area contributed by atoms with E-state index in [9.17, 15) is 28.2 Å². The van der Waals surface area contributed by atoms with Crippen LogP contribution in [0.25, 0.3) is 0 Å². The van der Waals surface area contributed by atoms with E-state index in [4.69, 9.17) is 5.73 Å². The summed E-state index contributed by atoms with van der Waals surface area (Å²) in [6.07, 6.45) is 0.185. The molecule has 2 unspecified atom stereocenters. The van der Waals surface area contributed by atoms with Crippen LogP contribution >= 0.6 is 11.8 Å². The summed E-state index contributed by atoms with van der Waals surface area (Å²) in [5, 5.41) is 20.5. The molecule has 0 saturated carbocycles. The molecular formula is C16H19N3O6S2. The molecule has 2 atom stereocenters. The number of phenolic OH excluding ortho intramolecular Hbond substituents is 1. The van der Waals surface area contributed by atoms with E-state index in [0.717, 1.165) is 6.07 Å². The molecule has 1 aromatic rings. The number of amides is 1. The monoisotopic (exact) mass is 413 g/mol. The minimum atomic E-state index is -4.23. The molecule has 0 spiro atoms. The van der Waals surface area contributed by atoms with Crippen molar-refractivity contribution in [3.8, 4) is 5.75 Å². The van der Waals surface area contributed by atoms with Gasteiger partial charge in [-0.2, -0.15) is 0 Å². The van der Waals surface area contributed by atoms with E-state index in [-0.39, 0.29) is 35.6 Å². The number of β-lactam (4-membered cyclic amide) rings is 1. The van der Waals surface area contributed by atoms with Crippen LogP contribution in [0.5, 0.6) is 5.75 Å². The molecule has 27 heavy (non-hydrogen) atoms. The smallest absolute Gasteiger partial charge is 0.245 e. The average Bonchev–Trinajstić information content (AvgIpc) is 2.63. The zero-order valence-electron chi connectivity index (χ0n) is 14.2. The van der Waals surface area contributed by atoms with Gasteiger partial charge in [0, 0.05) is 24.4 Å². The van der Waals surface area contributed by atoms with Gasteiger partial charge in [0.15, 0.2) is 11.9 Å². The summed E-state index contributed by atoms with van der Waals surface area (Å²) in [4.78, 5) is 25.4. The van der Waals surface area contributed by atoms with Gasteiger partial charge in [-0.05, 0) is 12.1 Å². The number of carbonyl (C=O) groups is 2. The van der Waals surface area contributed by atoms with E-state index in [0.29, 0.717) is 12.2 Å². The van der Waals surface area contributed by atoms with E-state index < -0.39 is 32.6 Å². The largest absolute Gasteiger partial charge is 0.507 e. The van der Waals surface area contributed by atoms with Gasteiger partial charge in [-0.25, -0.2) is 13.1 Å². The van der Waals surface area contributed by atoms with E-state index in [2.05, 4.69) is 4.72 Å². The van der Waals surface area contributed by atoms with Crippen molar-refractivity contribution in [3.05, 3.63) is 35.5 Å². The number of thioether (sulfide) groups is 1. The second-order valence-corrected chi connectivity index (χ2v) is 8.91. The molecule has 1 fully saturated rings. The Labute approximate surface area is 160 Å². The summed E-state index contributed by atoms with van der Waals surface area (Å²) in [5.41, 5.74) is 5.08. The number of aromatic hydroxyl groups is 1. The third-order valence-electron chi connectivity index (χ3n) is 4.26. The van der Waals surface area contributed by atoms with Crippen molar-refractivity contribution in [2.24, 2.45) is 5.73 Å². The van der Waals surface area contributed by atoms with E-state index in [1.54, 1.807) is 6.08 Å². The number of benzene rings is 1. The first-order chi connectivity index (χ1) is 12.8. The van der Waals surface area contributed by atoms with Gasteiger partial charge in [-0.1, -0.05) is 12.1 Å². The predicted molar refractivity (Wildman–Crippen MR) is 98.5 cm³/mol. The number of sulfonamides is 1. The fourth-order valence-corrected chi connectivity index (χ4v) is 5.44. The van der Waals surface area contributed by atoms with Crippen LogP contribution in [0.15, 0.2) is 34.9 Å². The number of carbonyl (C=O) groups excluding carboxylic acids is 2. The summed E-state index contributed by atoms with van der Waals surface area (Å²) in [6, 6.07) is 3.64. The van der Waals surface area contributed by atoms with Gasteiger partial charge in [-0.3, -0.25) is 9.59 Å². The highest BCUT2D eigenvalue weighted by Gasteiger charge is 2.44. The van der Waals surface area contributed by atoms with Crippen molar-refractivity contribution in [2.45, 2.75) is 22.8 Å². The maximum atomic E-state index is 12.9. The Kier molecular flexibility index (Phi) is 5.58. The third kappa shape index (κ3) is 3.60. The van der Waals surface area contributed by atoms with Crippen molar-refractivity contribution in [2.75, 3.05) is 18.8 Å². The highest BCUT2D eigenvalue weighted by atomic mass is 32.2. The first-order valence-corrected chi connectivity index (χ1v) is 10.7. The number of rotatable bonds is 7. The Morgan fingerprint density at radius 3 is 2.85 bits per heavy atom. The second-order valence-electron chi connectivity index (χ2n) is 5.99. The second kappa shape index (κ2) is 7.60. The lowest BCUT2D eigenvalue weighted by atomic mass is 10.00. The van der Waals surface area contributed by atoms with Gasteiger partial charge in [0.05, 0.1) is 17.5 Å². The minimum Gasteiger partial charge on any atom is -0.507 e. The average molecular weight is 413 g/mol. The molecule has 1 saturated heterocycles. The quantitative estimate of drug-likeness (QED) is 0.341. The minimum absolute atomic E-state index is 0.0295. The van der Waals surface area contributed by atoms with Crippen LogP contribution in [0.2, 0.25) is 0 Å². The summed E-state index contributed by atoms with van der Waals surface area (Å²) in [7, 11) is -4.23. The topological polar surface area (TPSA) is 150 Å². The van der Waals surface area contributed by atoms with Crippen LogP contribution < -0.4 is 10.5 Å². The van der Waals surface area contributed by atoms with Crippen LogP contribution in [-0.4, -0.2) is 65.5 Å². The van der Waals surface area contributed by atoms with Crippen molar-refractivity contribution < 1.29 is 28.2 Å². The highest BCUT2D eigenvalue weighted by Crippen LogP contribution is 2.39. The molecule has 11 heteroatoms. The molecule has 0 aromatic heterocycles. The standard InChI is InChI=1S/C16H19N3O6S2/c17-5-6-18-27(24,25)16-9(2-1-3-11(16)20)14(22)15(23)10-4-7-26-13-8-12(21)19(10)13/h1-4,13,15,18,20,23H,5-8,17H2. The van der Waals surface area contributed by atoms with Crippen LogP contribution in [0.3, 0.4) is 0 Å². The van der Waals surface area contributed by atoms with Gasteiger partial charge in [0.2, 0.25) is 15.9 Å². The van der Waals surface area contributed by atoms with Gasteiger partial charge < -0.3 is 20.8 Å². The molecule has 5 N–H and O–H groups in total. The summed E-state index contributed by atoms with van der Waals surface area (Å²) >= 11 is 1.51. The normalized spacial score (nSPS) is 20.5. The first kappa shape index (κ1) is 19.8. The molecule has 9 nitrogen and oxygen atoms in total. The number of nitrogens with one attached hydrogen (secondary N) is 1. The van der Waals surface area contributed by atoms with E-state index in [1.165, 1.54) is 28.8 Å². The molecule has 2 aliphatic rings. The van der Waals surface area contributed by atoms with Crippen LogP contribution in [-0.2, 0) is 14.8 Å². The zero-order valence-corrected chi connectivity index (χ0v) is 15.8.